The van der Waals surface area contributed by atoms with Gasteiger partial charge in [0.25, 0.3) is 5.91 Å². The number of halogens is 1. The molecule has 0 spiro atoms. The van der Waals surface area contributed by atoms with Crippen LogP contribution in [0.1, 0.15) is 10.5 Å². The number of hydrogen-bond donors (Lipinski definition) is 1. The van der Waals surface area contributed by atoms with E-state index in [1.807, 2.05) is 6.26 Å². The lowest BCUT2D eigenvalue weighted by molar-refractivity contribution is -0.127. The minimum atomic E-state index is -0.419. The Hall–Kier alpha value is -2.35. The number of hydrogen-bond acceptors (Lipinski definition) is 4. The van der Waals surface area contributed by atoms with Gasteiger partial charge in [0.15, 0.2) is 5.16 Å². The number of rotatable bonds is 5. The molecular weight excluding hydrogens is 319 g/mol. The number of likely N-dealkylation sites (N-methyl/N-ethyl adjacent to an activating group) is 1. The van der Waals surface area contributed by atoms with Gasteiger partial charge in [-0.2, -0.15) is 0 Å². The van der Waals surface area contributed by atoms with E-state index in [1.54, 1.807) is 30.8 Å². The average Bonchev–Trinajstić information content (AvgIpc) is 2.96. The molecule has 2 aromatic rings. The molecule has 8 heteroatoms. The molecule has 6 nitrogen and oxygen atoms in total. The summed E-state index contributed by atoms with van der Waals surface area (Å²) in [6.45, 7) is -0.102. The maximum absolute atomic E-state index is 13.1. The number of nitrogens with one attached hydrogen (secondary N) is 1. The van der Waals surface area contributed by atoms with Gasteiger partial charge >= 0.3 is 0 Å². The predicted octanol–water partition coefficient (Wildman–Crippen LogP) is 1.55. The lowest BCUT2D eigenvalue weighted by Crippen LogP contribution is -2.36. The minimum absolute atomic E-state index is 0.102. The maximum Gasteiger partial charge on any atom is 0.270 e. The number of imidazole rings is 1. The van der Waals surface area contributed by atoms with Gasteiger partial charge in [0.05, 0.1) is 12.7 Å². The third-order valence-corrected chi connectivity index (χ3v) is 3.78. The van der Waals surface area contributed by atoms with Gasteiger partial charge in [-0.1, -0.05) is 11.8 Å². The van der Waals surface area contributed by atoms with Gasteiger partial charge in [0.1, 0.15) is 11.5 Å². The molecule has 0 unspecified atom stereocenters. The Morgan fingerprint density at radius 2 is 1.96 bits per heavy atom. The quantitative estimate of drug-likeness (QED) is 0.842. The van der Waals surface area contributed by atoms with Gasteiger partial charge in [0, 0.05) is 19.8 Å². The van der Waals surface area contributed by atoms with Crippen LogP contribution in [0.5, 0.6) is 0 Å². The van der Waals surface area contributed by atoms with Gasteiger partial charge in [-0.05, 0) is 30.5 Å². The molecule has 2 amide bonds. The first-order chi connectivity index (χ1) is 10.9. The van der Waals surface area contributed by atoms with Crippen molar-refractivity contribution in [1.29, 1.82) is 0 Å². The van der Waals surface area contributed by atoms with Crippen LogP contribution in [0.15, 0.2) is 35.6 Å². The fraction of sp³-hybridized carbons (Fsp3) is 0.267. The van der Waals surface area contributed by atoms with E-state index in [4.69, 9.17) is 0 Å². The summed E-state index contributed by atoms with van der Waals surface area (Å²) < 4.78 is 14.7. The standard InChI is InChI=1S/C15H17FN4O2S/c1-19(2)13(21)9-17-14(22)12-8-18-15(23-3)20(12)11-6-4-10(16)5-7-11/h4-8H,9H2,1-3H3,(H,17,22). The molecule has 0 saturated heterocycles. The zero-order valence-electron chi connectivity index (χ0n) is 13.0. The molecule has 0 radical (unpaired) electrons. The third-order valence-electron chi connectivity index (χ3n) is 3.13. The van der Waals surface area contributed by atoms with Crippen molar-refractivity contribution in [3.05, 3.63) is 42.0 Å². The molecule has 0 atom stereocenters. The van der Waals surface area contributed by atoms with Crippen LogP contribution < -0.4 is 5.32 Å². The van der Waals surface area contributed by atoms with Crippen LogP contribution in [0.2, 0.25) is 0 Å². The molecule has 122 valence electrons. The molecule has 0 saturated carbocycles. The van der Waals surface area contributed by atoms with Crippen molar-refractivity contribution in [2.24, 2.45) is 0 Å². The van der Waals surface area contributed by atoms with Crippen LogP contribution in [0, 0.1) is 5.82 Å². The molecule has 0 aliphatic heterocycles. The molecule has 0 aliphatic carbocycles. The second-order valence-electron chi connectivity index (χ2n) is 4.91. The Balaban J connectivity index is 2.29. The molecule has 1 aromatic heterocycles. The monoisotopic (exact) mass is 336 g/mol. The minimum Gasteiger partial charge on any atom is -0.347 e. The smallest absolute Gasteiger partial charge is 0.270 e. The van der Waals surface area contributed by atoms with E-state index in [0.29, 0.717) is 10.8 Å². The lowest BCUT2D eigenvalue weighted by atomic mass is 10.3. The first-order valence-corrected chi connectivity index (χ1v) is 8.02. The summed E-state index contributed by atoms with van der Waals surface area (Å²) in [5, 5.41) is 3.16. The summed E-state index contributed by atoms with van der Waals surface area (Å²) in [6, 6.07) is 5.77. The van der Waals surface area contributed by atoms with Crippen LogP contribution in [0.25, 0.3) is 5.69 Å². The van der Waals surface area contributed by atoms with Crippen molar-refractivity contribution >= 4 is 23.6 Å². The Bertz CT molecular complexity index is 713. The average molecular weight is 336 g/mol. The first-order valence-electron chi connectivity index (χ1n) is 6.80. The van der Waals surface area contributed by atoms with E-state index < -0.39 is 5.91 Å². The first kappa shape index (κ1) is 17.0. The van der Waals surface area contributed by atoms with E-state index in [2.05, 4.69) is 10.3 Å². The second kappa shape index (κ2) is 7.28. The summed E-state index contributed by atoms with van der Waals surface area (Å²) in [7, 11) is 3.23. The molecule has 0 aliphatic rings. The Morgan fingerprint density at radius 3 is 2.52 bits per heavy atom. The number of carbonyl (C=O) groups is 2. The van der Waals surface area contributed by atoms with E-state index in [9.17, 15) is 14.0 Å². The zero-order chi connectivity index (χ0) is 17.0. The van der Waals surface area contributed by atoms with Crippen LogP contribution in [-0.2, 0) is 4.79 Å². The molecule has 1 heterocycles. The largest absolute Gasteiger partial charge is 0.347 e. The second-order valence-corrected chi connectivity index (χ2v) is 5.69. The highest BCUT2D eigenvalue weighted by Crippen LogP contribution is 2.21. The Morgan fingerprint density at radius 1 is 1.30 bits per heavy atom. The van der Waals surface area contributed by atoms with Crippen molar-refractivity contribution in [2.45, 2.75) is 5.16 Å². The number of nitrogens with zero attached hydrogens (tertiary/aromatic N) is 3. The Labute approximate surface area is 137 Å². The summed E-state index contributed by atoms with van der Waals surface area (Å²) in [4.78, 5) is 29.5. The fourth-order valence-corrected chi connectivity index (χ4v) is 2.43. The maximum atomic E-state index is 13.1. The molecule has 23 heavy (non-hydrogen) atoms. The molecular formula is C15H17FN4O2S. The van der Waals surface area contributed by atoms with E-state index in [-0.39, 0.29) is 24.0 Å². The Kier molecular flexibility index (Phi) is 5.38. The molecule has 1 N–H and O–H groups in total. The van der Waals surface area contributed by atoms with E-state index in [1.165, 1.54) is 35.0 Å². The summed E-state index contributed by atoms with van der Waals surface area (Å²) >= 11 is 1.36. The molecule has 0 fully saturated rings. The van der Waals surface area contributed by atoms with Crippen molar-refractivity contribution in [3.8, 4) is 5.69 Å². The summed E-state index contributed by atoms with van der Waals surface area (Å²) in [6.07, 6.45) is 3.27. The van der Waals surface area contributed by atoms with Gasteiger partial charge in [-0.25, -0.2) is 9.37 Å². The van der Waals surface area contributed by atoms with Crippen LogP contribution >= 0.6 is 11.8 Å². The normalized spacial score (nSPS) is 10.4. The molecule has 0 bridgehead atoms. The highest BCUT2D eigenvalue weighted by molar-refractivity contribution is 7.98. The van der Waals surface area contributed by atoms with Gasteiger partial charge in [-0.15, -0.1) is 0 Å². The summed E-state index contributed by atoms with van der Waals surface area (Å²) in [5.74, 6) is -0.990. The van der Waals surface area contributed by atoms with Crippen molar-refractivity contribution in [3.63, 3.8) is 0 Å². The van der Waals surface area contributed by atoms with Crippen molar-refractivity contribution < 1.29 is 14.0 Å². The highest BCUT2D eigenvalue weighted by Gasteiger charge is 2.18. The van der Waals surface area contributed by atoms with Gasteiger partial charge < -0.3 is 10.2 Å². The van der Waals surface area contributed by atoms with Crippen LogP contribution in [0.4, 0.5) is 4.39 Å². The fourth-order valence-electron chi connectivity index (χ4n) is 1.88. The molecule has 1 aromatic carbocycles. The van der Waals surface area contributed by atoms with Crippen molar-refractivity contribution in [1.82, 2.24) is 19.8 Å². The number of benzene rings is 1. The van der Waals surface area contributed by atoms with Gasteiger partial charge in [0.2, 0.25) is 5.91 Å². The topological polar surface area (TPSA) is 67.2 Å². The number of aromatic nitrogens is 2. The SMILES string of the molecule is CSc1ncc(C(=O)NCC(=O)N(C)C)n1-c1ccc(F)cc1. The highest BCUT2D eigenvalue weighted by atomic mass is 32.2. The lowest BCUT2D eigenvalue weighted by Gasteiger charge is -2.13. The predicted molar refractivity (Wildman–Crippen MR) is 86.3 cm³/mol. The van der Waals surface area contributed by atoms with Crippen LogP contribution in [-0.4, -0.2) is 53.2 Å². The number of amides is 2. The number of carbonyl (C=O) groups excluding carboxylic acids is 2. The summed E-state index contributed by atoms with van der Waals surface area (Å²) in [5.41, 5.74) is 0.907. The third kappa shape index (κ3) is 3.89. The zero-order valence-corrected chi connectivity index (χ0v) is 13.9. The number of thioether (sulfide) groups is 1. The van der Waals surface area contributed by atoms with E-state index in [0.717, 1.165) is 0 Å². The van der Waals surface area contributed by atoms with Crippen molar-refractivity contribution in [2.75, 3.05) is 26.9 Å². The molecule has 2 rings (SSSR count). The van der Waals surface area contributed by atoms with Crippen LogP contribution in [0.3, 0.4) is 0 Å². The van der Waals surface area contributed by atoms with Gasteiger partial charge in [-0.3, -0.25) is 14.2 Å². The van der Waals surface area contributed by atoms with E-state index >= 15 is 0 Å².